The van der Waals surface area contributed by atoms with Crippen LogP contribution in [0.15, 0.2) is 12.3 Å². The molecule has 0 spiro atoms. The highest BCUT2D eigenvalue weighted by atomic mass is 35.5. The number of carbonyl (C=O) groups excluding carboxylic acids is 1. The maximum atomic E-state index is 11.7. The number of rotatable bonds is 7. The SMILES string of the molecule is CC(C)COCCOC(=O)c1cc([N+](=O)[O-])cnc1Cl. The monoisotopic (exact) mass is 302 g/mol. The van der Waals surface area contributed by atoms with Crippen LogP contribution in [0.25, 0.3) is 0 Å². The minimum absolute atomic E-state index is 0.0462. The second kappa shape index (κ2) is 7.76. The van der Waals surface area contributed by atoms with Gasteiger partial charge in [0.05, 0.1) is 11.5 Å². The average molecular weight is 303 g/mol. The van der Waals surface area contributed by atoms with Gasteiger partial charge in [0.2, 0.25) is 0 Å². The van der Waals surface area contributed by atoms with Gasteiger partial charge in [0.1, 0.15) is 23.5 Å². The molecular weight excluding hydrogens is 288 g/mol. The van der Waals surface area contributed by atoms with Crippen molar-refractivity contribution in [3.63, 3.8) is 0 Å². The molecule has 110 valence electrons. The van der Waals surface area contributed by atoms with Crippen molar-refractivity contribution in [2.24, 2.45) is 5.92 Å². The fourth-order valence-corrected chi connectivity index (χ4v) is 1.45. The molecule has 0 bridgehead atoms. The molecule has 0 amide bonds. The van der Waals surface area contributed by atoms with E-state index in [9.17, 15) is 14.9 Å². The molecule has 0 aromatic carbocycles. The van der Waals surface area contributed by atoms with Crippen molar-refractivity contribution in [2.45, 2.75) is 13.8 Å². The normalized spacial score (nSPS) is 10.6. The van der Waals surface area contributed by atoms with E-state index in [4.69, 9.17) is 21.1 Å². The zero-order valence-electron chi connectivity index (χ0n) is 11.2. The largest absolute Gasteiger partial charge is 0.460 e. The number of aromatic nitrogens is 1. The van der Waals surface area contributed by atoms with Crippen LogP contribution < -0.4 is 0 Å². The lowest BCUT2D eigenvalue weighted by atomic mass is 10.2. The van der Waals surface area contributed by atoms with Crippen LogP contribution in [0.4, 0.5) is 5.69 Å². The van der Waals surface area contributed by atoms with Crippen LogP contribution in [0.5, 0.6) is 0 Å². The molecule has 20 heavy (non-hydrogen) atoms. The van der Waals surface area contributed by atoms with Gasteiger partial charge in [0.15, 0.2) is 0 Å². The zero-order chi connectivity index (χ0) is 15.1. The molecule has 0 fully saturated rings. The summed E-state index contributed by atoms with van der Waals surface area (Å²) in [6.07, 6.45) is 0.977. The molecule has 0 saturated carbocycles. The molecule has 8 heteroatoms. The Morgan fingerprint density at radius 3 is 2.80 bits per heavy atom. The fraction of sp³-hybridized carbons (Fsp3) is 0.500. The molecular formula is C12H15ClN2O5. The number of carbonyl (C=O) groups is 1. The van der Waals surface area contributed by atoms with Crippen molar-refractivity contribution in [2.75, 3.05) is 19.8 Å². The standard InChI is InChI=1S/C12H15ClN2O5/c1-8(2)7-19-3-4-20-12(16)10-5-9(15(17)18)6-14-11(10)13/h5-6,8H,3-4,7H2,1-2H3. The van der Waals surface area contributed by atoms with Gasteiger partial charge in [-0.25, -0.2) is 9.78 Å². The fourth-order valence-electron chi connectivity index (χ4n) is 1.27. The van der Waals surface area contributed by atoms with E-state index in [0.717, 1.165) is 12.3 Å². The van der Waals surface area contributed by atoms with E-state index in [-0.39, 0.29) is 29.6 Å². The summed E-state index contributed by atoms with van der Waals surface area (Å²) in [5.41, 5.74) is -0.456. The summed E-state index contributed by atoms with van der Waals surface area (Å²) < 4.78 is 10.2. The summed E-state index contributed by atoms with van der Waals surface area (Å²) in [4.78, 5) is 25.2. The van der Waals surface area contributed by atoms with E-state index in [1.54, 1.807) is 0 Å². The second-order valence-electron chi connectivity index (χ2n) is 4.39. The van der Waals surface area contributed by atoms with Gasteiger partial charge in [0, 0.05) is 12.7 Å². The van der Waals surface area contributed by atoms with E-state index in [1.165, 1.54) is 0 Å². The highest BCUT2D eigenvalue weighted by Gasteiger charge is 2.18. The van der Waals surface area contributed by atoms with Gasteiger partial charge in [-0.15, -0.1) is 0 Å². The predicted octanol–water partition coefficient (Wildman–Crippen LogP) is 2.47. The van der Waals surface area contributed by atoms with Crippen LogP contribution in [-0.4, -0.2) is 35.7 Å². The number of nitro groups is 1. The Hall–Kier alpha value is -1.73. The maximum Gasteiger partial charge on any atom is 0.341 e. The molecule has 1 heterocycles. The first kappa shape index (κ1) is 16.3. The molecule has 0 aliphatic heterocycles. The summed E-state index contributed by atoms with van der Waals surface area (Å²) in [7, 11) is 0. The minimum atomic E-state index is -0.764. The molecule has 0 unspecified atom stereocenters. The number of ether oxygens (including phenoxy) is 2. The number of esters is 1. The second-order valence-corrected chi connectivity index (χ2v) is 4.75. The molecule has 0 radical (unpaired) electrons. The number of hydrogen-bond donors (Lipinski definition) is 0. The summed E-state index contributed by atoms with van der Waals surface area (Å²) in [6.45, 7) is 4.87. The number of nitrogens with zero attached hydrogens (tertiary/aromatic N) is 2. The summed E-state index contributed by atoms with van der Waals surface area (Å²) in [5.74, 6) is -0.375. The smallest absolute Gasteiger partial charge is 0.341 e. The Labute approximate surface area is 121 Å². The molecule has 7 nitrogen and oxygen atoms in total. The number of halogens is 1. The van der Waals surface area contributed by atoms with Gasteiger partial charge in [-0.3, -0.25) is 10.1 Å². The van der Waals surface area contributed by atoms with Crippen LogP contribution in [0.1, 0.15) is 24.2 Å². The Kier molecular flexibility index (Phi) is 6.33. The highest BCUT2D eigenvalue weighted by molar-refractivity contribution is 6.32. The first-order chi connectivity index (χ1) is 9.41. The Bertz CT molecular complexity index is 493. The van der Waals surface area contributed by atoms with Gasteiger partial charge >= 0.3 is 5.97 Å². The molecule has 1 aromatic heterocycles. The third kappa shape index (κ3) is 5.10. The molecule has 0 aliphatic rings. The van der Waals surface area contributed by atoms with Crippen molar-refractivity contribution in [1.29, 1.82) is 0 Å². The summed E-state index contributed by atoms with van der Waals surface area (Å²) in [5, 5.41) is 10.5. The van der Waals surface area contributed by atoms with Crippen molar-refractivity contribution >= 4 is 23.3 Å². The van der Waals surface area contributed by atoms with Gasteiger partial charge in [0.25, 0.3) is 5.69 Å². The van der Waals surface area contributed by atoms with Crippen molar-refractivity contribution in [3.05, 3.63) is 33.1 Å². The van der Waals surface area contributed by atoms with Gasteiger partial charge in [-0.2, -0.15) is 0 Å². The van der Waals surface area contributed by atoms with Crippen molar-refractivity contribution in [1.82, 2.24) is 4.98 Å². The van der Waals surface area contributed by atoms with E-state index in [1.807, 2.05) is 13.8 Å². The van der Waals surface area contributed by atoms with Gasteiger partial charge in [-0.1, -0.05) is 25.4 Å². The summed E-state index contributed by atoms with van der Waals surface area (Å²) in [6, 6.07) is 1.03. The lowest BCUT2D eigenvalue weighted by Crippen LogP contribution is -2.13. The van der Waals surface area contributed by atoms with Crippen LogP contribution in [0.3, 0.4) is 0 Å². The summed E-state index contributed by atoms with van der Waals surface area (Å²) >= 11 is 5.71. The minimum Gasteiger partial charge on any atom is -0.460 e. The third-order valence-electron chi connectivity index (χ3n) is 2.17. The molecule has 1 rings (SSSR count). The first-order valence-corrected chi connectivity index (χ1v) is 6.34. The van der Waals surface area contributed by atoms with E-state index < -0.39 is 10.9 Å². The lowest BCUT2D eigenvalue weighted by Gasteiger charge is -2.08. The number of pyridine rings is 1. The van der Waals surface area contributed by atoms with E-state index in [2.05, 4.69) is 4.98 Å². The Balaban J connectivity index is 2.55. The maximum absolute atomic E-state index is 11.7. The van der Waals surface area contributed by atoms with Crippen molar-refractivity contribution in [3.8, 4) is 0 Å². The quantitative estimate of drug-likeness (QED) is 0.252. The van der Waals surface area contributed by atoms with Crippen LogP contribution in [-0.2, 0) is 9.47 Å². The molecule has 0 N–H and O–H groups in total. The first-order valence-electron chi connectivity index (χ1n) is 5.96. The Morgan fingerprint density at radius 1 is 1.50 bits per heavy atom. The van der Waals surface area contributed by atoms with E-state index >= 15 is 0 Å². The molecule has 1 aromatic rings. The Morgan fingerprint density at radius 2 is 2.20 bits per heavy atom. The van der Waals surface area contributed by atoms with Gasteiger partial charge in [-0.05, 0) is 5.92 Å². The lowest BCUT2D eigenvalue weighted by molar-refractivity contribution is -0.385. The van der Waals surface area contributed by atoms with E-state index in [0.29, 0.717) is 12.5 Å². The predicted molar refractivity (Wildman–Crippen MR) is 71.8 cm³/mol. The average Bonchev–Trinajstić information content (AvgIpc) is 2.37. The van der Waals surface area contributed by atoms with Crippen LogP contribution in [0, 0.1) is 16.0 Å². The van der Waals surface area contributed by atoms with Crippen LogP contribution >= 0.6 is 11.6 Å². The number of hydrogen-bond acceptors (Lipinski definition) is 6. The topological polar surface area (TPSA) is 91.6 Å². The molecule has 0 aliphatic carbocycles. The highest BCUT2D eigenvalue weighted by Crippen LogP contribution is 2.19. The third-order valence-corrected chi connectivity index (χ3v) is 2.47. The van der Waals surface area contributed by atoms with Crippen molar-refractivity contribution < 1.29 is 19.2 Å². The molecule has 0 saturated heterocycles. The van der Waals surface area contributed by atoms with Gasteiger partial charge < -0.3 is 9.47 Å². The van der Waals surface area contributed by atoms with Crippen LogP contribution in [0.2, 0.25) is 5.15 Å². The molecule has 0 atom stereocenters. The zero-order valence-corrected chi connectivity index (χ0v) is 11.9.